The van der Waals surface area contributed by atoms with Crippen molar-refractivity contribution in [1.82, 2.24) is 5.43 Å². The molecule has 1 aromatic heterocycles. The van der Waals surface area contributed by atoms with Gasteiger partial charge in [-0.1, -0.05) is 22.0 Å². The predicted octanol–water partition coefficient (Wildman–Crippen LogP) is 2.93. The van der Waals surface area contributed by atoms with Crippen LogP contribution in [0.5, 0.6) is 0 Å². The maximum Gasteiger partial charge on any atom is 0.129 e. The molecule has 0 aliphatic rings. The van der Waals surface area contributed by atoms with E-state index in [1.807, 2.05) is 6.07 Å². The van der Waals surface area contributed by atoms with Gasteiger partial charge < -0.3 is 4.42 Å². The highest BCUT2D eigenvalue weighted by Crippen LogP contribution is 2.28. The molecule has 0 radical (unpaired) electrons. The molecule has 3 N–H and O–H groups in total. The number of furan rings is 1. The Morgan fingerprint density at radius 2 is 2.18 bits per heavy atom. The summed E-state index contributed by atoms with van der Waals surface area (Å²) in [7, 11) is 0. The first-order valence-electron chi connectivity index (χ1n) is 5.14. The highest BCUT2D eigenvalue weighted by Gasteiger charge is 2.18. The maximum atomic E-state index is 13.8. The van der Waals surface area contributed by atoms with Crippen LogP contribution in [0.4, 0.5) is 4.39 Å². The molecule has 3 nitrogen and oxygen atoms in total. The van der Waals surface area contributed by atoms with Gasteiger partial charge in [-0.3, -0.25) is 11.3 Å². The van der Waals surface area contributed by atoms with E-state index in [0.29, 0.717) is 16.5 Å². The third-order valence-electron chi connectivity index (χ3n) is 2.53. The van der Waals surface area contributed by atoms with Crippen LogP contribution in [0.1, 0.15) is 17.4 Å². The minimum absolute atomic E-state index is 0.297. The number of halogens is 2. The van der Waals surface area contributed by atoms with Gasteiger partial charge in [-0.25, -0.2) is 4.39 Å². The Bertz CT molecular complexity index is 467. The van der Waals surface area contributed by atoms with Crippen LogP contribution >= 0.6 is 15.9 Å². The van der Waals surface area contributed by atoms with Crippen LogP contribution in [-0.2, 0) is 6.42 Å². The molecule has 1 unspecified atom stereocenters. The fourth-order valence-electron chi connectivity index (χ4n) is 1.72. The SMILES string of the molecule is NNC(Cc1ccco1)c1c(F)cccc1Br. The summed E-state index contributed by atoms with van der Waals surface area (Å²) < 4.78 is 19.7. The van der Waals surface area contributed by atoms with E-state index in [1.165, 1.54) is 6.07 Å². The molecule has 0 saturated heterocycles. The first-order valence-corrected chi connectivity index (χ1v) is 5.94. The zero-order valence-corrected chi connectivity index (χ0v) is 10.6. The summed E-state index contributed by atoms with van der Waals surface area (Å²) >= 11 is 3.33. The molecule has 1 heterocycles. The summed E-state index contributed by atoms with van der Waals surface area (Å²) in [4.78, 5) is 0. The van der Waals surface area contributed by atoms with Crippen molar-refractivity contribution in [2.45, 2.75) is 12.5 Å². The lowest BCUT2D eigenvalue weighted by Gasteiger charge is -2.17. The molecule has 2 rings (SSSR count). The van der Waals surface area contributed by atoms with Gasteiger partial charge >= 0.3 is 0 Å². The lowest BCUT2D eigenvalue weighted by atomic mass is 10.0. The summed E-state index contributed by atoms with van der Waals surface area (Å²) in [5.41, 5.74) is 3.11. The molecule has 0 amide bonds. The first kappa shape index (κ1) is 12.3. The monoisotopic (exact) mass is 298 g/mol. The lowest BCUT2D eigenvalue weighted by Crippen LogP contribution is -2.30. The summed E-state index contributed by atoms with van der Waals surface area (Å²) in [5.74, 6) is 5.94. The molecule has 5 heteroatoms. The molecule has 1 aromatic carbocycles. The molecule has 2 aromatic rings. The zero-order chi connectivity index (χ0) is 12.3. The molecule has 0 spiro atoms. The molecular weight excluding hydrogens is 287 g/mol. The Balaban J connectivity index is 2.29. The fourth-order valence-corrected chi connectivity index (χ4v) is 2.34. The van der Waals surface area contributed by atoms with Crippen molar-refractivity contribution in [3.05, 3.63) is 58.2 Å². The Morgan fingerprint density at radius 3 is 2.76 bits per heavy atom. The Labute approximate surface area is 107 Å². The van der Waals surface area contributed by atoms with Gasteiger partial charge in [0.2, 0.25) is 0 Å². The predicted molar refractivity (Wildman–Crippen MR) is 66.6 cm³/mol. The van der Waals surface area contributed by atoms with Crippen molar-refractivity contribution in [3.8, 4) is 0 Å². The Hall–Kier alpha value is -1.17. The van der Waals surface area contributed by atoms with Crippen LogP contribution in [0.3, 0.4) is 0 Å². The first-order chi connectivity index (χ1) is 8.22. The van der Waals surface area contributed by atoms with Crippen molar-refractivity contribution in [1.29, 1.82) is 0 Å². The van der Waals surface area contributed by atoms with E-state index >= 15 is 0 Å². The number of nitrogens with two attached hydrogens (primary N) is 1. The van der Waals surface area contributed by atoms with Gasteiger partial charge in [-0.2, -0.15) is 0 Å². The largest absolute Gasteiger partial charge is 0.469 e. The Kier molecular flexibility index (Phi) is 3.93. The number of hydrogen-bond acceptors (Lipinski definition) is 3. The van der Waals surface area contributed by atoms with E-state index in [9.17, 15) is 4.39 Å². The van der Waals surface area contributed by atoms with E-state index in [2.05, 4.69) is 21.4 Å². The van der Waals surface area contributed by atoms with Crippen molar-refractivity contribution in [3.63, 3.8) is 0 Å². The molecule has 0 fully saturated rings. The average molecular weight is 299 g/mol. The van der Waals surface area contributed by atoms with Gasteiger partial charge in [0.15, 0.2) is 0 Å². The third kappa shape index (κ3) is 2.74. The normalized spacial score (nSPS) is 12.6. The summed E-state index contributed by atoms with van der Waals surface area (Å²) in [6.45, 7) is 0. The van der Waals surface area contributed by atoms with Gasteiger partial charge in [-0.15, -0.1) is 0 Å². The molecule has 0 aliphatic heterocycles. The second-order valence-electron chi connectivity index (χ2n) is 3.64. The van der Waals surface area contributed by atoms with Gasteiger partial charge in [0.1, 0.15) is 11.6 Å². The highest BCUT2D eigenvalue weighted by molar-refractivity contribution is 9.10. The highest BCUT2D eigenvalue weighted by atomic mass is 79.9. The number of hydrogen-bond donors (Lipinski definition) is 2. The van der Waals surface area contributed by atoms with Gasteiger partial charge in [0, 0.05) is 16.5 Å². The molecule has 0 saturated carbocycles. The van der Waals surface area contributed by atoms with Crippen LogP contribution < -0.4 is 11.3 Å². The van der Waals surface area contributed by atoms with Crippen LogP contribution in [0.25, 0.3) is 0 Å². The summed E-state index contributed by atoms with van der Waals surface area (Å²) in [6, 6.07) is 8.12. The Morgan fingerprint density at radius 1 is 1.35 bits per heavy atom. The summed E-state index contributed by atoms with van der Waals surface area (Å²) in [5, 5.41) is 0. The zero-order valence-electron chi connectivity index (χ0n) is 8.99. The van der Waals surface area contributed by atoms with Crippen molar-refractivity contribution in [2.75, 3.05) is 0 Å². The van der Waals surface area contributed by atoms with Gasteiger partial charge in [0.05, 0.1) is 12.3 Å². The summed E-state index contributed by atoms with van der Waals surface area (Å²) in [6.07, 6.45) is 2.07. The lowest BCUT2D eigenvalue weighted by molar-refractivity contribution is 0.442. The van der Waals surface area contributed by atoms with Crippen LogP contribution in [0.15, 0.2) is 45.5 Å². The number of rotatable bonds is 4. The van der Waals surface area contributed by atoms with Crippen molar-refractivity contribution >= 4 is 15.9 Å². The van der Waals surface area contributed by atoms with E-state index in [1.54, 1.807) is 24.5 Å². The molecule has 0 aliphatic carbocycles. The quantitative estimate of drug-likeness (QED) is 0.674. The number of benzene rings is 1. The van der Waals surface area contributed by atoms with Crippen molar-refractivity contribution in [2.24, 2.45) is 5.84 Å². The van der Waals surface area contributed by atoms with Crippen molar-refractivity contribution < 1.29 is 8.81 Å². The van der Waals surface area contributed by atoms with E-state index < -0.39 is 0 Å². The second-order valence-corrected chi connectivity index (χ2v) is 4.49. The van der Waals surface area contributed by atoms with Crippen LogP contribution in [-0.4, -0.2) is 0 Å². The minimum atomic E-state index is -0.336. The maximum absolute atomic E-state index is 13.8. The van der Waals surface area contributed by atoms with E-state index in [0.717, 1.165) is 5.76 Å². The topological polar surface area (TPSA) is 51.2 Å². The van der Waals surface area contributed by atoms with Crippen LogP contribution in [0.2, 0.25) is 0 Å². The smallest absolute Gasteiger partial charge is 0.129 e. The van der Waals surface area contributed by atoms with Gasteiger partial charge in [-0.05, 0) is 24.3 Å². The van der Waals surface area contributed by atoms with E-state index in [-0.39, 0.29) is 11.9 Å². The molecular formula is C12H12BrFN2O. The van der Waals surface area contributed by atoms with Crippen LogP contribution in [0, 0.1) is 5.82 Å². The molecule has 17 heavy (non-hydrogen) atoms. The number of nitrogens with one attached hydrogen (secondary N) is 1. The molecule has 90 valence electrons. The third-order valence-corrected chi connectivity index (χ3v) is 3.23. The molecule has 0 bridgehead atoms. The minimum Gasteiger partial charge on any atom is -0.469 e. The van der Waals surface area contributed by atoms with E-state index in [4.69, 9.17) is 10.3 Å². The molecule has 1 atom stereocenters. The number of hydrazine groups is 1. The second kappa shape index (κ2) is 5.44. The standard InChI is InChI=1S/C12H12BrFN2O/c13-9-4-1-5-10(14)12(9)11(16-15)7-8-3-2-6-17-8/h1-6,11,16H,7,15H2. The fraction of sp³-hybridized carbons (Fsp3) is 0.167. The average Bonchev–Trinajstić information content (AvgIpc) is 2.80. The van der Waals surface area contributed by atoms with Gasteiger partial charge in [0.25, 0.3) is 0 Å².